The van der Waals surface area contributed by atoms with Crippen molar-refractivity contribution in [3.8, 4) is 33.4 Å². The Hall–Kier alpha value is -7.10. The van der Waals surface area contributed by atoms with E-state index >= 15 is 0 Å². The Morgan fingerprint density at radius 2 is 1.02 bits per heavy atom. The van der Waals surface area contributed by atoms with Crippen LogP contribution < -0.4 is 4.90 Å². The number of benzene rings is 8. The first kappa shape index (κ1) is 36.0. The van der Waals surface area contributed by atoms with Gasteiger partial charge >= 0.3 is 0 Å². The molecule has 0 saturated heterocycles. The van der Waals surface area contributed by atoms with Crippen molar-refractivity contribution in [3.05, 3.63) is 228 Å². The molecule has 11 rings (SSSR count). The van der Waals surface area contributed by atoms with Gasteiger partial charge in [-0.3, -0.25) is 4.99 Å². The normalized spacial score (nSPS) is 15.8. The number of hydrogen-bond donors (Lipinski definition) is 0. The molecule has 0 unspecified atom stereocenters. The quantitative estimate of drug-likeness (QED) is 0.168. The zero-order chi connectivity index (χ0) is 40.6. The molecule has 9 aromatic rings. The van der Waals surface area contributed by atoms with E-state index in [0.29, 0.717) is 0 Å². The lowest BCUT2D eigenvalue weighted by Gasteiger charge is -2.40. The monoisotopic (exact) mass is 771 g/mol. The summed E-state index contributed by atoms with van der Waals surface area (Å²) in [5.41, 5.74) is 12.2. The summed E-state index contributed by atoms with van der Waals surface area (Å²) < 4.78 is 0. The van der Waals surface area contributed by atoms with E-state index in [1.807, 2.05) is 0 Å². The fourth-order valence-electron chi connectivity index (χ4n) is 9.97. The molecular formula is C57H45N3. The second-order valence-electron chi connectivity index (χ2n) is 17.4. The van der Waals surface area contributed by atoms with Gasteiger partial charge in [0.05, 0.1) is 16.5 Å². The van der Waals surface area contributed by atoms with Crippen molar-refractivity contribution in [3.63, 3.8) is 0 Å². The molecular weight excluding hydrogens is 727 g/mol. The Morgan fingerprint density at radius 3 is 1.70 bits per heavy atom. The Balaban J connectivity index is 1.14. The van der Waals surface area contributed by atoms with Crippen molar-refractivity contribution in [2.24, 2.45) is 4.99 Å². The van der Waals surface area contributed by atoms with Crippen molar-refractivity contribution in [2.75, 3.05) is 4.90 Å². The number of aliphatic imine (C=N–C) groups is 1. The summed E-state index contributed by atoms with van der Waals surface area (Å²) in [5.74, 6) is 1.84. The summed E-state index contributed by atoms with van der Waals surface area (Å²) >= 11 is 0. The molecule has 1 aromatic heterocycles. The summed E-state index contributed by atoms with van der Waals surface area (Å²) in [6.07, 6.45) is 2.07. The van der Waals surface area contributed by atoms with Crippen molar-refractivity contribution in [1.29, 1.82) is 0 Å². The largest absolute Gasteiger partial charge is 0.303 e. The average molecular weight is 772 g/mol. The molecule has 3 nitrogen and oxygen atoms in total. The second kappa shape index (κ2) is 13.5. The number of nitrogens with zero attached hydrogens (tertiary/aromatic N) is 3. The third-order valence-electron chi connectivity index (χ3n) is 13.6. The van der Waals surface area contributed by atoms with Crippen molar-refractivity contribution in [1.82, 2.24) is 4.98 Å². The Bertz CT molecular complexity index is 3090. The maximum Gasteiger partial charge on any atom is 0.137 e. The van der Waals surface area contributed by atoms with Crippen LogP contribution in [-0.2, 0) is 5.41 Å². The maximum absolute atomic E-state index is 5.30. The van der Waals surface area contributed by atoms with E-state index in [2.05, 4.69) is 233 Å². The highest BCUT2D eigenvalue weighted by Crippen LogP contribution is 2.59. The third kappa shape index (κ3) is 5.28. The van der Waals surface area contributed by atoms with E-state index in [1.165, 1.54) is 71.6 Å². The van der Waals surface area contributed by atoms with Gasteiger partial charge in [-0.2, -0.15) is 0 Å². The lowest BCUT2D eigenvalue weighted by molar-refractivity contribution is 0.337. The summed E-state index contributed by atoms with van der Waals surface area (Å²) in [6.45, 7) is 8.97. The molecule has 1 aliphatic carbocycles. The van der Waals surface area contributed by atoms with Crippen LogP contribution in [0.2, 0.25) is 0 Å². The molecule has 2 heterocycles. The molecule has 288 valence electrons. The minimum absolute atomic E-state index is 0.310. The van der Waals surface area contributed by atoms with Crippen molar-refractivity contribution < 1.29 is 0 Å². The molecule has 1 aliphatic heterocycles. The minimum Gasteiger partial charge on any atom is -0.303 e. The van der Waals surface area contributed by atoms with Crippen LogP contribution in [0, 0.1) is 0 Å². The number of amidine groups is 1. The Morgan fingerprint density at radius 1 is 0.433 bits per heavy atom. The molecule has 60 heavy (non-hydrogen) atoms. The van der Waals surface area contributed by atoms with Gasteiger partial charge in [0.1, 0.15) is 11.7 Å². The second-order valence-corrected chi connectivity index (χ2v) is 17.4. The lowest BCUT2D eigenvalue weighted by atomic mass is 9.67. The fourth-order valence-corrected chi connectivity index (χ4v) is 9.97. The number of anilines is 1. The molecule has 8 aromatic carbocycles. The van der Waals surface area contributed by atoms with Crippen LogP contribution in [0.15, 0.2) is 205 Å². The molecule has 0 fully saturated rings. The van der Waals surface area contributed by atoms with Gasteiger partial charge in [0, 0.05) is 17.3 Å². The van der Waals surface area contributed by atoms with Crippen LogP contribution in [0.1, 0.15) is 55.5 Å². The van der Waals surface area contributed by atoms with Gasteiger partial charge in [0.15, 0.2) is 0 Å². The number of fused-ring (bicyclic) bond motifs is 6. The van der Waals surface area contributed by atoms with Crippen LogP contribution in [0.25, 0.3) is 54.9 Å². The topological polar surface area (TPSA) is 28.5 Å². The Labute approximate surface area is 352 Å². The van der Waals surface area contributed by atoms with Gasteiger partial charge < -0.3 is 4.90 Å². The predicted molar refractivity (Wildman–Crippen MR) is 251 cm³/mol. The molecule has 0 saturated carbocycles. The van der Waals surface area contributed by atoms with Gasteiger partial charge in [0.25, 0.3) is 0 Å². The van der Waals surface area contributed by atoms with Crippen molar-refractivity contribution in [2.45, 2.75) is 44.2 Å². The molecule has 3 heteroatoms. The summed E-state index contributed by atoms with van der Waals surface area (Å²) in [6, 6.07) is 71.2. The van der Waals surface area contributed by atoms with E-state index in [4.69, 9.17) is 9.98 Å². The minimum atomic E-state index is -0.585. The lowest BCUT2D eigenvalue weighted by Crippen LogP contribution is -2.53. The molecule has 0 bridgehead atoms. The van der Waals surface area contributed by atoms with Crippen LogP contribution >= 0.6 is 0 Å². The highest BCUT2D eigenvalue weighted by molar-refractivity contribution is 6.13. The average Bonchev–Trinajstić information content (AvgIpc) is 3.70. The highest BCUT2D eigenvalue weighted by Gasteiger charge is 2.50. The fraction of sp³-hybridized carbons (Fsp3) is 0.123. The zero-order valence-corrected chi connectivity index (χ0v) is 34.4. The van der Waals surface area contributed by atoms with Gasteiger partial charge in [-0.1, -0.05) is 164 Å². The molecule has 2 aliphatic rings. The molecule has 0 spiro atoms. The molecule has 0 radical (unpaired) electrons. The number of pyridine rings is 1. The maximum atomic E-state index is 5.30. The smallest absolute Gasteiger partial charge is 0.137 e. The van der Waals surface area contributed by atoms with Crippen LogP contribution in [0.4, 0.5) is 5.82 Å². The number of aromatic nitrogens is 1. The van der Waals surface area contributed by atoms with Gasteiger partial charge in [-0.15, -0.1) is 0 Å². The third-order valence-corrected chi connectivity index (χ3v) is 13.6. The first-order chi connectivity index (χ1) is 29.3. The predicted octanol–water partition coefficient (Wildman–Crippen LogP) is 13.9. The molecule has 0 amide bonds. The van der Waals surface area contributed by atoms with Gasteiger partial charge in [-0.25, -0.2) is 4.98 Å². The van der Waals surface area contributed by atoms with E-state index in [-0.39, 0.29) is 11.1 Å². The van der Waals surface area contributed by atoms with E-state index in [9.17, 15) is 0 Å². The summed E-state index contributed by atoms with van der Waals surface area (Å²) in [7, 11) is 0. The molecule has 0 atom stereocenters. The highest BCUT2D eigenvalue weighted by atomic mass is 15.4. The first-order valence-electron chi connectivity index (χ1n) is 21.0. The zero-order valence-electron chi connectivity index (χ0n) is 34.4. The number of hydrogen-bond acceptors (Lipinski definition) is 3. The summed E-state index contributed by atoms with van der Waals surface area (Å²) in [4.78, 5) is 12.9. The summed E-state index contributed by atoms with van der Waals surface area (Å²) in [5, 5.41) is 4.94. The Kier molecular flexibility index (Phi) is 8.09. The number of rotatable bonds is 6. The van der Waals surface area contributed by atoms with E-state index < -0.39 is 5.41 Å². The van der Waals surface area contributed by atoms with Crippen LogP contribution in [-0.4, -0.2) is 21.9 Å². The van der Waals surface area contributed by atoms with Crippen LogP contribution in [0.3, 0.4) is 0 Å². The van der Waals surface area contributed by atoms with Gasteiger partial charge in [-0.05, 0) is 130 Å². The molecule has 0 N–H and O–H groups in total. The van der Waals surface area contributed by atoms with E-state index in [0.717, 1.165) is 22.8 Å². The van der Waals surface area contributed by atoms with Crippen LogP contribution in [0.5, 0.6) is 0 Å². The SMILES string of the molecule is CC1(C)N=C(c2ccccc2)N(c2ccc(-c3cc4c(c5ccccc35)-c3ccc(-c5ccc6ccccc6c5)cc3C4(c3ccccc3)c3ccccc3)cn2)C1(C)C. The van der Waals surface area contributed by atoms with Gasteiger partial charge in [0.2, 0.25) is 0 Å². The van der Waals surface area contributed by atoms with Crippen molar-refractivity contribution >= 4 is 33.2 Å². The van der Waals surface area contributed by atoms with E-state index in [1.54, 1.807) is 0 Å². The standard InChI is InChI=1S/C57H45N3/c1-55(2)56(3,4)60(54(59-55)39-19-8-5-9-20-39)52-33-31-43(37-58-52)49-36-51-53(47-27-17-16-26-46(47)49)48-32-30-42(41-29-28-38-18-14-15-21-40(38)34-41)35-50(48)57(51,44-22-10-6-11-23-44)45-24-12-7-13-25-45/h5-37H,1-4H3. The first-order valence-corrected chi connectivity index (χ1v) is 21.0.